The Kier molecular flexibility index (Phi) is 22.9. The van der Waals surface area contributed by atoms with E-state index < -0.39 is 43.2 Å². The number of Topliss-reactive ketones (excluding diaryl/α,β-unsaturated/α-hetero) is 1. The molecule has 0 aromatic rings. The van der Waals surface area contributed by atoms with Gasteiger partial charge >= 0.3 is 0 Å². The number of hydrogen-bond donors (Lipinski definition) is 3. The molecule has 1 rings (SSSR count). The van der Waals surface area contributed by atoms with Gasteiger partial charge in [-0.25, -0.2) is 0 Å². The van der Waals surface area contributed by atoms with E-state index in [0.717, 1.165) is 38.5 Å². The van der Waals surface area contributed by atoms with Crippen LogP contribution in [0.3, 0.4) is 0 Å². The van der Waals surface area contributed by atoms with Crippen LogP contribution in [0.1, 0.15) is 143 Å². The van der Waals surface area contributed by atoms with Gasteiger partial charge in [-0.05, 0) is 19.8 Å². The fourth-order valence-corrected chi connectivity index (χ4v) is 5.29. The zero-order valence-corrected chi connectivity index (χ0v) is 26.3. The van der Waals surface area contributed by atoms with Gasteiger partial charge in [0.25, 0.3) is 0 Å². The first kappa shape index (κ1) is 37.5. The molecule has 1 aliphatic heterocycles. The second kappa shape index (κ2) is 25.1. The monoisotopic (exact) mass is 583 g/mol. The van der Waals surface area contributed by atoms with Crippen LogP contribution in [-0.4, -0.2) is 65.8 Å². The van der Waals surface area contributed by atoms with Crippen LogP contribution in [0.15, 0.2) is 12.3 Å². The second-order valence-corrected chi connectivity index (χ2v) is 11.5. The van der Waals surface area contributed by atoms with Crippen molar-refractivity contribution in [3.8, 4) is 0 Å². The van der Waals surface area contributed by atoms with Crippen LogP contribution in [0, 0.1) is 0 Å². The topological polar surface area (TPSA) is 114 Å². The van der Waals surface area contributed by atoms with Crippen molar-refractivity contribution in [3.63, 3.8) is 0 Å². The summed E-state index contributed by atoms with van der Waals surface area (Å²) in [6, 6.07) is -0.828. The fourth-order valence-electron chi connectivity index (χ4n) is 5.29. The van der Waals surface area contributed by atoms with E-state index in [1.165, 1.54) is 76.9 Å². The Balaban J connectivity index is 2.56. The molecule has 8 heteroatoms. The summed E-state index contributed by atoms with van der Waals surface area (Å²) in [7, 11) is 0. The molecule has 1 heterocycles. The Morgan fingerprint density at radius 3 is 1.90 bits per heavy atom. The molecule has 0 aromatic heterocycles. The molecule has 5 unspecified atom stereocenters. The average molecular weight is 584 g/mol. The summed E-state index contributed by atoms with van der Waals surface area (Å²) >= 11 is 0. The van der Waals surface area contributed by atoms with E-state index in [9.17, 15) is 19.8 Å². The highest BCUT2D eigenvalue weighted by Crippen LogP contribution is 2.25. The molecule has 8 nitrogen and oxygen atoms in total. The smallest absolute Gasteiger partial charge is 0.227 e. The standard InChI is InChI=1S/C33H61NO7/c1-4-7-9-11-13-15-16-18-20-22-27(36)25-29(37)34-30-32(39-24-21-19-17-14-12-10-8-5-2)31(38)28(26-35)41-33(30)40-23-6-3/h6,23,28,30-33,35,38H,4-5,7-22,24-26H2,1-3H3,(H,34,37)/b23-6-. The van der Waals surface area contributed by atoms with Gasteiger partial charge in [0, 0.05) is 13.0 Å². The Morgan fingerprint density at radius 2 is 1.37 bits per heavy atom. The van der Waals surface area contributed by atoms with Gasteiger partial charge in [0.05, 0.1) is 19.3 Å². The Morgan fingerprint density at radius 1 is 0.829 bits per heavy atom. The number of nitrogens with one attached hydrogen (secondary N) is 1. The summed E-state index contributed by atoms with van der Waals surface area (Å²) < 4.78 is 17.5. The van der Waals surface area contributed by atoms with Gasteiger partial charge in [0.2, 0.25) is 12.2 Å². The summed E-state index contributed by atoms with van der Waals surface area (Å²) in [6.45, 7) is 6.22. The summed E-state index contributed by atoms with van der Waals surface area (Å²) in [6.07, 6.45) is 19.2. The van der Waals surface area contributed by atoms with Crippen LogP contribution in [0.4, 0.5) is 0 Å². The van der Waals surface area contributed by atoms with Crippen molar-refractivity contribution in [2.24, 2.45) is 0 Å². The van der Waals surface area contributed by atoms with Crippen molar-refractivity contribution >= 4 is 11.7 Å². The molecule has 0 aromatic carbocycles. The third kappa shape index (κ3) is 17.3. The largest absolute Gasteiger partial charge is 0.471 e. The maximum absolute atomic E-state index is 12.9. The average Bonchev–Trinajstić information content (AvgIpc) is 2.96. The van der Waals surface area contributed by atoms with Crippen molar-refractivity contribution in [2.45, 2.75) is 173 Å². The molecule has 1 fully saturated rings. The minimum Gasteiger partial charge on any atom is -0.471 e. The number of aliphatic hydroxyl groups is 2. The molecular weight excluding hydrogens is 522 g/mol. The van der Waals surface area contributed by atoms with E-state index >= 15 is 0 Å². The van der Waals surface area contributed by atoms with Crippen LogP contribution in [0.5, 0.6) is 0 Å². The predicted molar refractivity (Wildman–Crippen MR) is 163 cm³/mol. The predicted octanol–water partition coefficient (Wildman–Crippen LogP) is 6.51. The molecule has 240 valence electrons. The fraction of sp³-hybridized carbons (Fsp3) is 0.879. The number of ketones is 1. The van der Waals surface area contributed by atoms with E-state index in [4.69, 9.17) is 14.2 Å². The molecule has 41 heavy (non-hydrogen) atoms. The third-order valence-corrected chi connectivity index (χ3v) is 7.76. The lowest BCUT2D eigenvalue weighted by Crippen LogP contribution is -2.65. The quantitative estimate of drug-likeness (QED) is 0.0604. The highest BCUT2D eigenvalue weighted by molar-refractivity contribution is 5.98. The molecule has 0 spiro atoms. The molecule has 1 amide bonds. The highest BCUT2D eigenvalue weighted by atomic mass is 16.7. The number of aliphatic hydroxyl groups excluding tert-OH is 2. The van der Waals surface area contributed by atoms with Crippen LogP contribution >= 0.6 is 0 Å². The minimum absolute atomic E-state index is 0.0988. The van der Waals surface area contributed by atoms with Crippen molar-refractivity contribution < 1.29 is 34.0 Å². The van der Waals surface area contributed by atoms with Crippen LogP contribution in [0.25, 0.3) is 0 Å². The van der Waals surface area contributed by atoms with Gasteiger partial charge in [-0.1, -0.05) is 116 Å². The van der Waals surface area contributed by atoms with Gasteiger partial charge in [-0.2, -0.15) is 0 Å². The van der Waals surface area contributed by atoms with Gasteiger partial charge in [0.1, 0.15) is 30.1 Å². The van der Waals surface area contributed by atoms with Crippen molar-refractivity contribution in [1.82, 2.24) is 5.32 Å². The normalized spacial score (nSPS) is 22.7. The molecule has 0 bridgehead atoms. The maximum Gasteiger partial charge on any atom is 0.227 e. The lowest BCUT2D eigenvalue weighted by atomic mass is 9.96. The summed E-state index contributed by atoms with van der Waals surface area (Å²) in [4.78, 5) is 25.4. The molecule has 5 atom stereocenters. The molecule has 0 saturated carbocycles. The Bertz CT molecular complexity index is 686. The van der Waals surface area contributed by atoms with Crippen LogP contribution in [0.2, 0.25) is 0 Å². The number of ether oxygens (including phenoxy) is 3. The SMILES string of the molecule is C/C=C\OC1OC(CO)C(O)C(OCCCCCCCCCC)C1NC(=O)CC(=O)CCCCCCCCCCC. The van der Waals surface area contributed by atoms with Gasteiger partial charge in [-0.3, -0.25) is 9.59 Å². The summed E-state index contributed by atoms with van der Waals surface area (Å²) in [5, 5.41) is 23.5. The van der Waals surface area contributed by atoms with E-state index in [0.29, 0.717) is 13.0 Å². The van der Waals surface area contributed by atoms with Gasteiger partial charge in [-0.15, -0.1) is 0 Å². The highest BCUT2D eigenvalue weighted by Gasteiger charge is 2.47. The Labute approximate surface area is 250 Å². The first-order chi connectivity index (χ1) is 20.0. The van der Waals surface area contributed by atoms with E-state index in [2.05, 4.69) is 19.2 Å². The second-order valence-electron chi connectivity index (χ2n) is 11.5. The molecular formula is C33H61NO7. The summed E-state index contributed by atoms with van der Waals surface area (Å²) in [5.41, 5.74) is 0. The number of rotatable bonds is 26. The number of carbonyl (C=O) groups is 2. The van der Waals surface area contributed by atoms with E-state index in [1.807, 2.05) is 0 Å². The molecule has 0 radical (unpaired) electrons. The van der Waals surface area contributed by atoms with Crippen molar-refractivity contribution in [2.75, 3.05) is 13.2 Å². The lowest BCUT2D eigenvalue weighted by Gasteiger charge is -2.43. The molecule has 1 aliphatic rings. The first-order valence-electron chi connectivity index (χ1n) is 16.6. The maximum atomic E-state index is 12.9. The Hall–Kier alpha value is -1.48. The number of hydrogen-bond acceptors (Lipinski definition) is 7. The molecule has 1 saturated heterocycles. The van der Waals surface area contributed by atoms with Crippen molar-refractivity contribution in [1.29, 1.82) is 0 Å². The molecule has 0 aliphatic carbocycles. The van der Waals surface area contributed by atoms with Crippen LogP contribution < -0.4 is 5.32 Å². The lowest BCUT2D eigenvalue weighted by molar-refractivity contribution is -0.263. The van der Waals surface area contributed by atoms with E-state index in [-0.39, 0.29) is 12.2 Å². The van der Waals surface area contributed by atoms with Gasteiger partial charge < -0.3 is 29.7 Å². The third-order valence-electron chi connectivity index (χ3n) is 7.76. The number of allylic oxidation sites excluding steroid dienone is 1. The van der Waals surface area contributed by atoms with Crippen molar-refractivity contribution in [3.05, 3.63) is 12.3 Å². The summed E-state index contributed by atoms with van der Waals surface area (Å²) in [5.74, 6) is -0.540. The van der Waals surface area contributed by atoms with Crippen LogP contribution in [-0.2, 0) is 23.8 Å². The minimum atomic E-state index is -1.15. The first-order valence-corrected chi connectivity index (χ1v) is 16.6. The van der Waals surface area contributed by atoms with E-state index in [1.54, 1.807) is 13.0 Å². The van der Waals surface area contributed by atoms with Gasteiger partial charge in [0.15, 0.2) is 0 Å². The molecule has 3 N–H and O–H groups in total. The number of carbonyl (C=O) groups excluding carboxylic acids is 2. The number of amides is 1. The number of unbranched alkanes of at least 4 members (excludes halogenated alkanes) is 15. The zero-order chi connectivity index (χ0) is 30.1. The zero-order valence-electron chi connectivity index (χ0n) is 26.3.